The maximum absolute atomic E-state index is 6.34. The average Bonchev–Trinajstić information content (AvgIpc) is 2.94. The van der Waals surface area contributed by atoms with Crippen LogP contribution < -0.4 is 4.74 Å². The molecule has 2 nitrogen and oxygen atoms in total. The Labute approximate surface area is 229 Å². The van der Waals surface area contributed by atoms with Crippen LogP contribution >= 0.6 is 0 Å². The van der Waals surface area contributed by atoms with Crippen LogP contribution in [0, 0.1) is 11.8 Å². The zero-order valence-electron chi connectivity index (χ0n) is 24.4. The molecule has 1 saturated carbocycles. The SMILES string of the molecule is CCCCCCCCOc1ccccc1-c1ccncc1C(C)C1CCC(CCCCCCCC)CC1. The lowest BCUT2D eigenvalue weighted by molar-refractivity contribution is 0.236. The Kier molecular flexibility index (Phi) is 14.2. The molecule has 3 rings (SSSR count). The molecule has 37 heavy (non-hydrogen) atoms. The molecule has 1 aliphatic carbocycles. The summed E-state index contributed by atoms with van der Waals surface area (Å²) < 4.78 is 6.34. The summed E-state index contributed by atoms with van der Waals surface area (Å²) in [5.41, 5.74) is 3.95. The third kappa shape index (κ3) is 10.1. The number of rotatable bonds is 18. The molecule has 0 N–H and O–H groups in total. The first-order valence-corrected chi connectivity index (χ1v) is 15.9. The quantitative estimate of drug-likeness (QED) is 0.188. The van der Waals surface area contributed by atoms with E-state index in [0.717, 1.165) is 30.6 Å². The number of pyridine rings is 1. The van der Waals surface area contributed by atoms with Crippen molar-refractivity contribution in [3.63, 3.8) is 0 Å². The van der Waals surface area contributed by atoms with Crippen molar-refractivity contribution in [1.29, 1.82) is 0 Å². The van der Waals surface area contributed by atoms with Crippen molar-refractivity contribution in [2.24, 2.45) is 11.8 Å². The highest BCUT2D eigenvalue weighted by atomic mass is 16.5. The molecule has 1 aromatic heterocycles. The fourth-order valence-electron chi connectivity index (χ4n) is 6.34. The van der Waals surface area contributed by atoms with Crippen molar-refractivity contribution in [2.75, 3.05) is 6.61 Å². The molecule has 1 aliphatic rings. The molecule has 0 bridgehead atoms. The van der Waals surface area contributed by atoms with Gasteiger partial charge in [0.15, 0.2) is 0 Å². The monoisotopic (exact) mass is 505 g/mol. The molecule has 2 aromatic rings. The van der Waals surface area contributed by atoms with E-state index in [2.05, 4.69) is 62.3 Å². The molecule has 0 amide bonds. The highest BCUT2D eigenvalue weighted by molar-refractivity contribution is 5.73. The van der Waals surface area contributed by atoms with Gasteiger partial charge in [0.25, 0.3) is 0 Å². The fraction of sp³-hybridized carbons (Fsp3) is 0.686. The predicted molar refractivity (Wildman–Crippen MR) is 160 cm³/mol. The van der Waals surface area contributed by atoms with Gasteiger partial charge < -0.3 is 4.74 Å². The Balaban J connectivity index is 1.53. The maximum Gasteiger partial charge on any atom is 0.127 e. The van der Waals surface area contributed by atoms with Crippen LogP contribution in [0.5, 0.6) is 5.75 Å². The van der Waals surface area contributed by atoms with Gasteiger partial charge in [0, 0.05) is 18.0 Å². The standard InChI is InChI=1S/C35H55NO/c1-4-6-8-10-12-14-18-30-21-23-31(24-22-30)29(3)34-28-36-26-25-32(34)33-19-15-16-20-35(33)37-27-17-13-11-9-7-5-2/h15-16,19-20,25-26,28-31H,4-14,17-18,21-24,27H2,1-3H3. The van der Waals surface area contributed by atoms with Gasteiger partial charge in [-0.05, 0) is 60.3 Å². The molecule has 1 unspecified atom stereocenters. The lowest BCUT2D eigenvalue weighted by atomic mass is 9.72. The number of ether oxygens (including phenoxy) is 1. The minimum atomic E-state index is 0.533. The van der Waals surface area contributed by atoms with Crippen LogP contribution in [0.25, 0.3) is 11.1 Å². The number of hydrogen-bond acceptors (Lipinski definition) is 2. The van der Waals surface area contributed by atoms with E-state index in [0.29, 0.717) is 5.92 Å². The first-order chi connectivity index (χ1) is 18.2. The largest absolute Gasteiger partial charge is 0.493 e. The predicted octanol–water partition coefficient (Wildman–Crippen LogP) is 11.1. The number of benzene rings is 1. The van der Waals surface area contributed by atoms with Gasteiger partial charge in [-0.25, -0.2) is 0 Å². The molecule has 1 atom stereocenters. The molecule has 0 aliphatic heterocycles. The molecule has 1 fully saturated rings. The summed E-state index contributed by atoms with van der Waals surface area (Å²) in [5.74, 6) is 3.28. The smallest absolute Gasteiger partial charge is 0.127 e. The molecule has 0 spiro atoms. The summed E-state index contributed by atoms with van der Waals surface area (Å²) in [6, 6.07) is 10.8. The normalized spacial score (nSPS) is 18.6. The van der Waals surface area contributed by atoms with Gasteiger partial charge >= 0.3 is 0 Å². The Hall–Kier alpha value is -1.83. The molecule has 1 aromatic carbocycles. The van der Waals surface area contributed by atoms with Crippen LogP contribution in [0.1, 0.15) is 141 Å². The maximum atomic E-state index is 6.34. The number of hydrogen-bond donors (Lipinski definition) is 0. The van der Waals surface area contributed by atoms with Crippen LogP contribution in [0.2, 0.25) is 0 Å². The summed E-state index contributed by atoms with van der Waals surface area (Å²) in [6.45, 7) is 7.83. The molecule has 1 heterocycles. The van der Waals surface area contributed by atoms with Crippen molar-refractivity contribution < 1.29 is 4.74 Å². The minimum Gasteiger partial charge on any atom is -0.493 e. The zero-order valence-corrected chi connectivity index (χ0v) is 24.4. The van der Waals surface area contributed by atoms with E-state index in [1.807, 2.05) is 6.20 Å². The molecule has 206 valence electrons. The zero-order chi connectivity index (χ0) is 26.1. The van der Waals surface area contributed by atoms with Gasteiger partial charge in [0.05, 0.1) is 6.61 Å². The van der Waals surface area contributed by atoms with Gasteiger partial charge in [0.2, 0.25) is 0 Å². The van der Waals surface area contributed by atoms with E-state index < -0.39 is 0 Å². The molecular formula is C35H55NO. The second kappa shape index (κ2) is 17.6. The van der Waals surface area contributed by atoms with E-state index in [1.54, 1.807) is 0 Å². The Morgan fingerprint density at radius 3 is 2.14 bits per heavy atom. The third-order valence-corrected chi connectivity index (χ3v) is 8.84. The Bertz CT molecular complexity index is 854. The summed E-state index contributed by atoms with van der Waals surface area (Å²) in [4.78, 5) is 4.57. The average molecular weight is 506 g/mol. The molecular weight excluding hydrogens is 450 g/mol. The fourth-order valence-corrected chi connectivity index (χ4v) is 6.34. The lowest BCUT2D eigenvalue weighted by Crippen LogP contribution is -2.19. The highest BCUT2D eigenvalue weighted by Crippen LogP contribution is 2.43. The molecule has 0 radical (unpaired) electrons. The number of unbranched alkanes of at least 4 members (excludes halogenated alkanes) is 10. The minimum absolute atomic E-state index is 0.533. The summed E-state index contributed by atoms with van der Waals surface area (Å²) in [7, 11) is 0. The number of aromatic nitrogens is 1. The van der Waals surface area contributed by atoms with E-state index in [1.165, 1.54) is 119 Å². The van der Waals surface area contributed by atoms with Crippen LogP contribution in [-0.4, -0.2) is 11.6 Å². The Morgan fingerprint density at radius 1 is 0.757 bits per heavy atom. The summed E-state index contributed by atoms with van der Waals surface area (Å²) in [6.07, 6.45) is 27.3. The Morgan fingerprint density at radius 2 is 1.41 bits per heavy atom. The van der Waals surface area contributed by atoms with Gasteiger partial charge in [-0.1, -0.05) is 129 Å². The first kappa shape index (κ1) is 29.7. The van der Waals surface area contributed by atoms with Crippen LogP contribution in [-0.2, 0) is 0 Å². The topological polar surface area (TPSA) is 22.1 Å². The highest BCUT2D eigenvalue weighted by Gasteiger charge is 2.27. The summed E-state index contributed by atoms with van der Waals surface area (Å²) >= 11 is 0. The van der Waals surface area contributed by atoms with Crippen LogP contribution in [0.3, 0.4) is 0 Å². The van der Waals surface area contributed by atoms with Gasteiger partial charge in [-0.2, -0.15) is 0 Å². The first-order valence-electron chi connectivity index (χ1n) is 15.9. The number of para-hydroxylation sites is 1. The third-order valence-electron chi connectivity index (χ3n) is 8.84. The molecule has 0 saturated heterocycles. The van der Waals surface area contributed by atoms with Gasteiger partial charge in [0.1, 0.15) is 5.75 Å². The van der Waals surface area contributed by atoms with Crippen LogP contribution in [0.15, 0.2) is 42.7 Å². The van der Waals surface area contributed by atoms with E-state index in [-0.39, 0.29) is 0 Å². The van der Waals surface area contributed by atoms with Crippen LogP contribution in [0.4, 0.5) is 0 Å². The second-order valence-electron chi connectivity index (χ2n) is 11.7. The van der Waals surface area contributed by atoms with E-state index in [9.17, 15) is 0 Å². The van der Waals surface area contributed by atoms with E-state index >= 15 is 0 Å². The second-order valence-corrected chi connectivity index (χ2v) is 11.7. The lowest BCUT2D eigenvalue weighted by Gasteiger charge is -2.33. The van der Waals surface area contributed by atoms with Gasteiger partial charge in [-0.15, -0.1) is 0 Å². The number of nitrogens with zero attached hydrogens (tertiary/aromatic N) is 1. The molecule has 2 heteroatoms. The van der Waals surface area contributed by atoms with Gasteiger partial charge in [-0.3, -0.25) is 4.98 Å². The van der Waals surface area contributed by atoms with Crippen molar-refractivity contribution >= 4 is 0 Å². The van der Waals surface area contributed by atoms with Crippen molar-refractivity contribution in [3.8, 4) is 16.9 Å². The van der Waals surface area contributed by atoms with Crippen molar-refractivity contribution in [1.82, 2.24) is 4.98 Å². The van der Waals surface area contributed by atoms with E-state index in [4.69, 9.17) is 4.74 Å². The van der Waals surface area contributed by atoms with Crippen molar-refractivity contribution in [3.05, 3.63) is 48.3 Å². The van der Waals surface area contributed by atoms with Crippen molar-refractivity contribution in [2.45, 2.75) is 136 Å². The summed E-state index contributed by atoms with van der Waals surface area (Å²) in [5, 5.41) is 0.